The number of carbonyl (C=O) groups excluding carboxylic acids is 1. The van der Waals surface area contributed by atoms with Gasteiger partial charge in [0.05, 0.1) is 13.7 Å². The minimum absolute atomic E-state index is 0.00618. The van der Waals surface area contributed by atoms with E-state index < -0.39 is 0 Å². The maximum Gasteiger partial charge on any atom is 0.244 e. The van der Waals surface area contributed by atoms with Gasteiger partial charge in [0, 0.05) is 12.1 Å². The molecule has 31 heavy (non-hydrogen) atoms. The first-order chi connectivity index (χ1) is 15.1. The molecule has 174 valence electrons. The quantitative estimate of drug-likeness (QED) is 0.456. The Hall–Kier alpha value is -1.97. The van der Waals surface area contributed by atoms with Gasteiger partial charge >= 0.3 is 0 Å². The van der Waals surface area contributed by atoms with Gasteiger partial charge in [0.2, 0.25) is 5.91 Å². The molecule has 0 unspecified atom stereocenters. The third-order valence-corrected chi connectivity index (χ3v) is 6.02. The Balaban J connectivity index is 1.88. The number of hydrogen-bond donors (Lipinski definition) is 1. The van der Waals surface area contributed by atoms with Gasteiger partial charge in [0.15, 0.2) is 11.5 Å². The SMILES string of the molecule is COc1cc(/C=C/C(=O)NC2CCCCCCCCCCC2)ccc1OCCC(C)C. The van der Waals surface area contributed by atoms with Gasteiger partial charge < -0.3 is 14.8 Å². The Morgan fingerprint density at radius 3 is 2.19 bits per heavy atom. The van der Waals surface area contributed by atoms with Crippen LogP contribution in [0.25, 0.3) is 6.08 Å². The normalized spacial score (nSPS) is 17.2. The minimum atomic E-state index is -0.00618. The summed E-state index contributed by atoms with van der Waals surface area (Å²) < 4.78 is 11.3. The minimum Gasteiger partial charge on any atom is -0.493 e. The Morgan fingerprint density at radius 2 is 1.61 bits per heavy atom. The first kappa shape index (κ1) is 25.3. The second kappa shape index (κ2) is 14.9. The smallest absolute Gasteiger partial charge is 0.244 e. The van der Waals surface area contributed by atoms with Crippen molar-refractivity contribution in [2.75, 3.05) is 13.7 Å². The van der Waals surface area contributed by atoms with Gasteiger partial charge in [0.25, 0.3) is 0 Å². The Bertz CT molecular complexity index is 656. The molecule has 4 nitrogen and oxygen atoms in total. The van der Waals surface area contributed by atoms with Gasteiger partial charge in [-0.1, -0.05) is 77.7 Å². The molecule has 0 bridgehead atoms. The lowest BCUT2D eigenvalue weighted by Crippen LogP contribution is -2.33. The molecule has 0 aliphatic heterocycles. The Morgan fingerprint density at radius 1 is 1.00 bits per heavy atom. The van der Waals surface area contributed by atoms with E-state index in [1.165, 1.54) is 57.8 Å². The van der Waals surface area contributed by atoms with Gasteiger partial charge in [-0.15, -0.1) is 0 Å². The number of carbonyl (C=O) groups is 1. The van der Waals surface area contributed by atoms with Gasteiger partial charge in [-0.25, -0.2) is 0 Å². The largest absolute Gasteiger partial charge is 0.493 e. The van der Waals surface area contributed by atoms with Crippen molar-refractivity contribution in [3.8, 4) is 11.5 Å². The predicted octanol–water partition coefficient (Wildman–Crippen LogP) is 6.92. The summed E-state index contributed by atoms with van der Waals surface area (Å²) in [4.78, 5) is 12.5. The fourth-order valence-electron chi connectivity index (χ4n) is 4.04. The molecule has 2 rings (SSSR count). The summed E-state index contributed by atoms with van der Waals surface area (Å²) >= 11 is 0. The van der Waals surface area contributed by atoms with E-state index in [4.69, 9.17) is 9.47 Å². The molecule has 1 amide bonds. The molecule has 0 saturated heterocycles. The fourth-order valence-corrected chi connectivity index (χ4v) is 4.04. The lowest BCUT2D eigenvalue weighted by molar-refractivity contribution is -0.117. The molecule has 1 aromatic carbocycles. The highest BCUT2D eigenvalue weighted by molar-refractivity contribution is 5.92. The highest BCUT2D eigenvalue weighted by Gasteiger charge is 2.11. The maximum absolute atomic E-state index is 12.5. The van der Waals surface area contributed by atoms with E-state index in [9.17, 15) is 4.79 Å². The average Bonchev–Trinajstić information content (AvgIpc) is 2.74. The molecule has 1 aliphatic rings. The van der Waals surface area contributed by atoms with Crippen LogP contribution in [0.1, 0.15) is 96.5 Å². The summed E-state index contributed by atoms with van der Waals surface area (Å²) in [6.45, 7) is 5.04. The molecule has 4 heteroatoms. The first-order valence-corrected chi connectivity index (χ1v) is 12.4. The van der Waals surface area contributed by atoms with E-state index in [1.807, 2.05) is 24.3 Å². The molecule has 0 heterocycles. The number of benzene rings is 1. The van der Waals surface area contributed by atoms with E-state index in [-0.39, 0.29) is 5.91 Å². The lowest BCUT2D eigenvalue weighted by atomic mass is 9.98. The highest BCUT2D eigenvalue weighted by Crippen LogP contribution is 2.29. The molecule has 0 aromatic heterocycles. The monoisotopic (exact) mass is 429 g/mol. The van der Waals surface area contributed by atoms with E-state index >= 15 is 0 Å². The fraction of sp³-hybridized carbons (Fsp3) is 0.667. The zero-order valence-electron chi connectivity index (χ0n) is 20.0. The second-order valence-corrected chi connectivity index (χ2v) is 9.24. The second-order valence-electron chi connectivity index (χ2n) is 9.24. The van der Waals surface area contributed by atoms with Crippen LogP contribution in [-0.2, 0) is 4.79 Å². The number of amides is 1. The van der Waals surface area contributed by atoms with Gasteiger partial charge in [-0.05, 0) is 49.0 Å². The van der Waals surface area contributed by atoms with Crippen molar-refractivity contribution in [1.82, 2.24) is 5.32 Å². The van der Waals surface area contributed by atoms with Crippen LogP contribution in [-0.4, -0.2) is 25.7 Å². The van der Waals surface area contributed by atoms with Crippen LogP contribution in [0.5, 0.6) is 11.5 Å². The standard InChI is InChI=1S/C27H43NO3/c1-22(2)19-20-31-25-17-15-23(21-26(25)30-3)16-18-27(29)28-24-13-11-9-7-5-4-6-8-10-12-14-24/h15-18,21-22,24H,4-14,19-20H2,1-3H3,(H,28,29)/b18-16+. The van der Waals surface area contributed by atoms with E-state index in [1.54, 1.807) is 13.2 Å². The van der Waals surface area contributed by atoms with Gasteiger partial charge in [0.1, 0.15) is 0 Å². The van der Waals surface area contributed by atoms with Crippen molar-refractivity contribution in [2.45, 2.75) is 96.9 Å². The summed E-state index contributed by atoms with van der Waals surface area (Å²) in [7, 11) is 1.65. The number of nitrogens with one attached hydrogen (secondary N) is 1. The first-order valence-electron chi connectivity index (χ1n) is 12.4. The zero-order chi connectivity index (χ0) is 22.3. The van der Waals surface area contributed by atoms with Gasteiger partial charge in [-0.3, -0.25) is 4.79 Å². The molecular weight excluding hydrogens is 386 g/mol. The van der Waals surface area contributed by atoms with Crippen LogP contribution in [0.15, 0.2) is 24.3 Å². The van der Waals surface area contributed by atoms with Crippen molar-refractivity contribution in [2.24, 2.45) is 5.92 Å². The Labute approximate surface area is 189 Å². The molecule has 1 saturated carbocycles. The highest BCUT2D eigenvalue weighted by atomic mass is 16.5. The molecule has 1 N–H and O–H groups in total. The third kappa shape index (κ3) is 10.8. The maximum atomic E-state index is 12.5. The zero-order valence-corrected chi connectivity index (χ0v) is 20.0. The third-order valence-electron chi connectivity index (χ3n) is 6.02. The average molecular weight is 430 g/mol. The van der Waals surface area contributed by atoms with Crippen molar-refractivity contribution < 1.29 is 14.3 Å². The van der Waals surface area contributed by atoms with Crippen LogP contribution in [0.3, 0.4) is 0 Å². The number of rotatable bonds is 8. The summed E-state index contributed by atoms with van der Waals surface area (Å²) in [6.07, 6.45) is 18.5. The van der Waals surface area contributed by atoms with Crippen LogP contribution < -0.4 is 14.8 Å². The summed E-state index contributed by atoms with van der Waals surface area (Å²) in [5.74, 6) is 2.05. The Kier molecular flexibility index (Phi) is 12.2. The molecule has 0 radical (unpaired) electrons. The topological polar surface area (TPSA) is 47.6 Å². The van der Waals surface area contributed by atoms with Crippen LogP contribution in [0.2, 0.25) is 0 Å². The van der Waals surface area contributed by atoms with E-state index in [0.29, 0.717) is 24.3 Å². The van der Waals surface area contributed by atoms with E-state index in [2.05, 4.69) is 19.2 Å². The lowest BCUT2D eigenvalue weighted by Gasteiger charge is -2.18. The molecule has 1 aliphatic carbocycles. The number of hydrogen-bond acceptors (Lipinski definition) is 3. The summed E-state index contributed by atoms with van der Waals surface area (Å²) in [5, 5.41) is 3.24. The van der Waals surface area contributed by atoms with Gasteiger partial charge in [-0.2, -0.15) is 0 Å². The molecule has 0 atom stereocenters. The van der Waals surface area contributed by atoms with Crippen LogP contribution >= 0.6 is 0 Å². The molecule has 0 spiro atoms. The van der Waals surface area contributed by atoms with Crippen molar-refractivity contribution >= 4 is 12.0 Å². The number of ether oxygens (including phenoxy) is 2. The summed E-state index contributed by atoms with van der Waals surface area (Å²) in [6, 6.07) is 6.10. The molecule has 1 aromatic rings. The number of methoxy groups -OCH3 is 1. The van der Waals surface area contributed by atoms with E-state index in [0.717, 1.165) is 30.6 Å². The van der Waals surface area contributed by atoms with Crippen molar-refractivity contribution in [3.63, 3.8) is 0 Å². The summed E-state index contributed by atoms with van der Waals surface area (Å²) in [5.41, 5.74) is 0.932. The van der Waals surface area contributed by atoms with Crippen molar-refractivity contribution in [3.05, 3.63) is 29.8 Å². The molecular formula is C27H43NO3. The van der Waals surface area contributed by atoms with Crippen LogP contribution in [0.4, 0.5) is 0 Å². The molecule has 1 fully saturated rings. The van der Waals surface area contributed by atoms with Crippen LogP contribution in [0, 0.1) is 5.92 Å². The predicted molar refractivity (Wildman–Crippen MR) is 130 cm³/mol. The van der Waals surface area contributed by atoms with Crippen molar-refractivity contribution in [1.29, 1.82) is 0 Å².